The Bertz CT molecular complexity index is 465. The van der Waals surface area contributed by atoms with Crippen LogP contribution in [0.4, 0.5) is 18.9 Å². The molecule has 1 atom stereocenters. The van der Waals surface area contributed by atoms with Gasteiger partial charge in [-0.25, -0.2) is 4.79 Å². The molecule has 0 amide bonds. The van der Waals surface area contributed by atoms with Gasteiger partial charge in [-0.3, -0.25) is 0 Å². The topological polar surface area (TPSA) is 58.6 Å². The average molecular weight is 342 g/mol. The van der Waals surface area contributed by atoms with Gasteiger partial charge in [-0.05, 0) is 18.2 Å². The fourth-order valence-electron chi connectivity index (χ4n) is 1.41. The summed E-state index contributed by atoms with van der Waals surface area (Å²) in [6.07, 6.45) is -4.58. The van der Waals surface area contributed by atoms with Crippen molar-refractivity contribution in [3.05, 3.63) is 28.2 Å². The molecule has 4 nitrogen and oxygen atoms in total. The van der Waals surface area contributed by atoms with Crippen molar-refractivity contribution < 1.29 is 27.8 Å². The maximum Gasteiger partial charge on any atom is 0.418 e. The van der Waals surface area contributed by atoms with Gasteiger partial charge in [0.25, 0.3) is 0 Å². The number of hydrogen-bond acceptors (Lipinski definition) is 3. The molecule has 0 aliphatic carbocycles. The van der Waals surface area contributed by atoms with Gasteiger partial charge >= 0.3 is 12.1 Å². The highest BCUT2D eigenvalue weighted by atomic mass is 79.9. The summed E-state index contributed by atoms with van der Waals surface area (Å²) in [6.45, 7) is -0.247. The van der Waals surface area contributed by atoms with Crippen molar-refractivity contribution in [1.29, 1.82) is 0 Å². The summed E-state index contributed by atoms with van der Waals surface area (Å²) in [5.41, 5.74) is -1.25. The normalized spacial score (nSPS) is 13.1. The van der Waals surface area contributed by atoms with E-state index in [4.69, 9.17) is 5.11 Å². The van der Waals surface area contributed by atoms with Crippen LogP contribution in [0.2, 0.25) is 0 Å². The van der Waals surface area contributed by atoms with Crippen molar-refractivity contribution in [1.82, 2.24) is 0 Å². The summed E-state index contributed by atoms with van der Waals surface area (Å²) in [5, 5.41) is 11.2. The van der Waals surface area contributed by atoms with Gasteiger partial charge < -0.3 is 15.2 Å². The molecule has 19 heavy (non-hydrogen) atoms. The molecule has 0 aromatic heterocycles. The number of nitrogens with one attached hydrogen (secondary N) is 1. The number of carbonyl (C=O) groups is 1. The lowest BCUT2D eigenvalue weighted by Crippen LogP contribution is -2.34. The zero-order chi connectivity index (χ0) is 14.6. The standard InChI is InChI=1S/C11H11BrF3NO3/c1-19-5-9(10(17)18)16-8-3-2-6(12)4-7(8)11(13,14)15/h2-4,9,16H,5H2,1H3,(H,17,18). The Morgan fingerprint density at radius 2 is 2.16 bits per heavy atom. The first-order valence-corrected chi connectivity index (χ1v) is 5.90. The number of anilines is 1. The number of benzene rings is 1. The molecule has 0 radical (unpaired) electrons. The van der Waals surface area contributed by atoms with E-state index >= 15 is 0 Å². The molecule has 1 aromatic rings. The highest BCUT2D eigenvalue weighted by Crippen LogP contribution is 2.36. The second-order valence-corrected chi connectivity index (χ2v) is 4.59. The largest absolute Gasteiger partial charge is 0.480 e. The van der Waals surface area contributed by atoms with E-state index < -0.39 is 23.8 Å². The van der Waals surface area contributed by atoms with Crippen LogP contribution in [0, 0.1) is 0 Å². The summed E-state index contributed by atoms with van der Waals surface area (Å²) < 4.78 is 43.4. The SMILES string of the molecule is COCC(Nc1ccc(Br)cc1C(F)(F)F)C(=O)O. The molecule has 0 saturated carbocycles. The first-order chi connectivity index (χ1) is 8.75. The summed E-state index contributed by atoms with van der Waals surface area (Å²) in [5.74, 6) is -1.29. The van der Waals surface area contributed by atoms with Crippen LogP contribution in [0.3, 0.4) is 0 Å². The molecular formula is C11H11BrF3NO3. The predicted molar refractivity (Wildman–Crippen MR) is 66.1 cm³/mol. The van der Waals surface area contributed by atoms with Crippen molar-refractivity contribution in [3.63, 3.8) is 0 Å². The third-order valence-corrected chi connectivity index (χ3v) is 2.74. The summed E-state index contributed by atoms with van der Waals surface area (Å²) in [7, 11) is 1.27. The van der Waals surface area contributed by atoms with Gasteiger partial charge in [0, 0.05) is 17.3 Å². The number of aliphatic carboxylic acids is 1. The van der Waals surface area contributed by atoms with E-state index in [-0.39, 0.29) is 16.8 Å². The number of rotatable bonds is 5. The molecule has 0 aliphatic rings. The van der Waals surface area contributed by atoms with E-state index in [2.05, 4.69) is 26.0 Å². The molecule has 0 saturated heterocycles. The average Bonchev–Trinajstić information content (AvgIpc) is 2.29. The van der Waals surface area contributed by atoms with Crippen LogP contribution in [-0.4, -0.2) is 30.8 Å². The minimum atomic E-state index is -4.58. The van der Waals surface area contributed by atoms with E-state index in [1.807, 2.05) is 0 Å². The molecule has 1 rings (SSSR count). The fraction of sp³-hybridized carbons (Fsp3) is 0.364. The lowest BCUT2D eigenvalue weighted by molar-refractivity contribution is -0.140. The smallest absolute Gasteiger partial charge is 0.418 e. The van der Waals surface area contributed by atoms with E-state index in [0.29, 0.717) is 0 Å². The number of hydrogen-bond donors (Lipinski definition) is 2. The summed E-state index contributed by atoms with van der Waals surface area (Å²) in [6, 6.07) is 2.18. The van der Waals surface area contributed by atoms with Gasteiger partial charge in [-0.1, -0.05) is 15.9 Å². The molecule has 1 unspecified atom stereocenters. The lowest BCUT2D eigenvalue weighted by atomic mass is 10.1. The highest BCUT2D eigenvalue weighted by molar-refractivity contribution is 9.10. The van der Waals surface area contributed by atoms with Crippen LogP contribution in [0.25, 0.3) is 0 Å². The second kappa shape index (κ2) is 6.25. The van der Waals surface area contributed by atoms with Gasteiger partial charge in [0.05, 0.1) is 12.2 Å². The van der Waals surface area contributed by atoms with Crippen molar-refractivity contribution in [2.45, 2.75) is 12.2 Å². The third kappa shape index (κ3) is 4.39. The zero-order valence-electron chi connectivity index (χ0n) is 9.79. The minimum absolute atomic E-state index is 0.247. The Morgan fingerprint density at radius 1 is 1.53 bits per heavy atom. The van der Waals surface area contributed by atoms with Crippen molar-refractivity contribution in [3.8, 4) is 0 Å². The molecule has 0 spiro atoms. The maximum absolute atomic E-state index is 12.8. The molecule has 0 fully saturated rings. The van der Waals surface area contributed by atoms with E-state index in [1.54, 1.807) is 0 Å². The van der Waals surface area contributed by atoms with E-state index in [9.17, 15) is 18.0 Å². The second-order valence-electron chi connectivity index (χ2n) is 3.68. The molecule has 106 valence electrons. The van der Waals surface area contributed by atoms with Crippen LogP contribution < -0.4 is 5.32 Å². The Morgan fingerprint density at radius 3 is 2.63 bits per heavy atom. The van der Waals surface area contributed by atoms with E-state index in [0.717, 1.165) is 6.07 Å². The van der Waals surface area contributed by atoms with Crippen LogP contribution >= 0.6 is 15.9 Å². The summed E-state index contributed by atoms with van der Waals surface area (Å²) in [4.78, 5) is 10.9. The van der Waals surface area contributed by atoms with Crippen molar-refractivity contribution in [2.75, 3.05) is 19.0 Å². The molecule has 0 bridgehead atoms. The number of ether oxygens (including phenoxy) is 1. The van der Waals surface area contributed by atoms with Gasteiger partial charge in [0.2, 0.25) is 0 Å². The van der Waals surface area contributed by atoms with Crippen molar-refractivity contribution in [2.24, 2.45) is 0 Å². The number of carboxylic acid groups (broad SMARTS) is 1. The van der Waals surface area contributed by atoms with Crippen LogP contribution in [0.5, 0.6) is 0 Å². The number of methoxy groups -OCH3 is 1. The van der Waals surface area contributed by atoms with Crippen molar-refractivity contribution >= 4 is 27.6 Å². The van der Waals surface area contributed by atoms with Crippen LogP contribution in [0.1, 0.15) is 5.56 Å². The zero-order valence-corrected chi connectivity index (χ0v) is 11.4. The maximum atomic E-state index is 12.8. The van der Waals surface area contributed by atoms with Gasteiger partial charge in [0.15, 0.2) is 0 Å². The lowest BCUT2D eigenvalue weighted by Gasteiger charge is -2.19. The van der Waals surface area contributed by atoms with Gasteiger partial charge in [-0.15, -0.1) is 0 Å². The van der Waals surface area contributed by atoms with Gasteiger partial charge in [-0.2, -0.15) is 13.2 Å². The molecule has 0 aliphatic heterocycles. The first-order valence-electron chi connectivity index (χ1n) is 5.10. The Hall–Kier alpha value is -1.28. The fourth-order valence-corrected chi connectivity index (χ4v) is 1.77. The Labute approximate surface area is 115 Å². The molecule has 2 N–H and O–H groups in total. The number of carboxylic acids is 1. The highest BCUT2D eigenvalue weighted by Gasteiger charge is 2.34. The van der Waals surface area contributed by atoms with E-state index in [1.165, 1.54) is 19.2 Å². The molecule has 8 heteroatoms. The van der Waals surface area contributed by atoms with Crippen LogP contribution in [-0.2, 0) is 15.7 Å². The Kier molecular flexibility index (Phi) is 5.19. The Balaban J connectivity index is 3.09. The predicted octanol–water partition coefficient (Wildman–Crippen LogP) is 2.98. The number of alkyl halides is 3. The third-order valence-electron chi connectivity index (χ3n) is 2.25. The number of halogens is 4. The first kappa shape index (κ1) is 15.8. The van der Waals surface area contributed by atoms with Crippen LogP contribution in [0.15, 0.2) is 22.7 Å². The molecule has 1 aromatic carbocycles. The molecular weight excluding hydrogens is 331 g/mol. The molecule has 0 heterocycles. The van der Waals surface area contributed by atoms with Gasteiger partial charge in [0.1, 0.15) is 6.04 Å². The summed E-state index contributed by atoms with van der Waals surface area (Å²) >= 11 is 2.95. The minimum Gasteiger partial charge on any atom is -0.480 e. The quantitative estimate of drug-likeness (QED) is 0.864. The monoisotopic (exact) mass is 341 g/mol.